The summed E-state index contributed by atoms with van der Waals surface area (Å²) in [5.74, 6) is -1.15. The molecular weight excluding hydrogens is 300 g/mol. The van der Waals surface area contributed by atoms with Gasteiger partial charge in [0.1, 0.15) is 11.6 Å². The van der Waals surface area contributed by atoms with Gasteiger partial charge in [-0.2, -0.15) is 0 Å². The minimum Gasteiger partial charge on any atom is -0.207 e. The first-order valence-electron chi connectivity index (χ1n) is 5.03. The van der Waals surface area contributed by atoms with Crippen LogP contribution < -0.4 is 0 Å². The highest BCUT2D eigenvalue weighted by molar-refractivity contribution is 6.35. The lowest BCUT2D eigenvalue weighted by Gasteiger charge is -2.13. The molecule has 5 heteroatoms. The van der Waals surface area contributed by atoms with Crippen molar-refractivity contribution >= 4 is 34.8 Å². The normalized spacial score (nSPS) is 12.5. The molecule has 0 saturated carbocycles. The molecule has 0 aromatic heterocycles. The summed E-state index contributed by atoms with van der Waals surface area (Å²) in [6, 6.07) is 7.79. The second-order valence-electron chi connectivity index (χ2n) is 3.69. The van der Waals surface area contributed by atoms with Gasteiger partial charge in [0.2, 0.25) is 0 Å². The van der Waals surface area contributed by atoms with Crippen molar-refractivity contribution in [3.8, 4) is 0 Å². The highest BCUT2D eigenvalue weighted by Crippen LogP contribution is 2.36. The van der Waals surface area contributed by atoms with Gasteiger partial charge in [0.25, 0.3) is 0 Å². The predicted molar refractivity (Wildman–Crippen MR) is 70.5 cm³/mol. The molecule has 0 spiro atoms. The van der Waals surface area contributed by atoms with E-state index in [9.17, 15) is 8.78 Å². The summed E-state index contributed by atoms with van der Waals surface area (Å²) in [5, 5.41) is -0.119. The Balaban J connectivity index is 2.50. The number of hydrogen-bond acceptors (Lipinski definition) is 0. The average Bonchev–Trinajstić information content (AvgIpc) is 2.34. The van der Waals surface area contributed by atoms with Crippen LogP contribution in [-0.2, 0) is 0 Å². The topological polar surface area (TPSA) is 0 Å². The Morgan fingerprint density at radius 2 is 1.61 bits per heavy atom. The van der Waals surface area contributed by atoms with E-state index in [1.54, 1.807) is 12.1 Å². The SMILES string of the molecule is Fc1ccc(F)c(C(Cl)c2cc(Cl)ccc2Cl)c1. The molecule has 0 heterocycles. The molecule has 0 aliphatic rings. The van der Waals surface area contributed by atoms with Gasteiger partial charge in [0.05, 0.1) is 5.38 Å². The van der Waals surface area contributed by atoms with E-state index in [-0.39, 0.29) is 5.56 Å². The van der Waals surface area contributed by atoms with Crippen LogP contribution in [0.3, 0.4) is 0 Å². The van der Waals surface area contributed by atoms with Gasteiger partial charge in [-0.3, -0.25) is 0 Å². The molecule has 18 heavy (non-hydrogen) atoms. The van der Waals surface area contributed by atoms with Crippen LogP contribution in [0.4, 0.5) is 8.78 Å². The van der Waals surface area contributed by atoms with Gasteiger partial charge >= 0.3 is 0 Å². The Hall–Kier alpha value is -0.830. The molecule has 0 saturated heterocycles. The van der Waals surface area contributed by atoms with E-state index in [2.05, 4.69) is 0 Å². The van der Waals surface area contributed by atoms with Crippen molar-refractivity contribution in [2.45, 2.75) is 5.38 Å². The van der Waals surface area contributed by atoms with E-state index in [0.29, 0.717) is 15.6 Å². The number of halogens is 5. The van der Waals surface area contributed by atoms with E-state index in [1.807, 2.05) is 0 Å². The van der Waals surface area contributed by atoms with Gasteiger partial charge in [0.15, 0.2) is 0 Å². The Kier molecular flexibility index (Phi) is 4.10. The maximum atomic E-state index is 13.6. The summed E-state index contributed by atoms with van der Waals surface area (Å²) < 4.78 is 26.7. The Labute approximate surface area is 118 Å². The van der Waals surface area contributed by atoms with Crippen LogP contribution in [0.25, 0.3) is 0 Å². The monoisotopic (exact) mass is 306 g/mol. The molecule has 1 unspecified atom stereocenters. The highest BCUT2D eigenvalue weighted by Gasteiger charge is 2.19. The molecule has 0 nitrogen and oxygen atoms in total. The van der Waals surface area contributed by atoms with Gasteiger partial charge in [-0.25, -0.2) is 8.78 Å². The van der Waals surface area contributed by atoms with Crippen molar-refractivity contribution in [1.29, 1.82) is 0 Å². The predicted octanol–water partition coefficient (Wildman–Crippen LogP) is 5.60. The largest absolute Gasteiger partial charge is 0.207 e. The van der Waals surface area contributed by atoms with Crippen LogP contribution in [0.15, 0.2) is 36.4 Å². The smallest absolute Gasteiger partial charge is 0.128 e. The Morgan fingerprint density at radius 1 is 0.889 bits per heavy atom. The van der Waals surface area contributed by atoms with Crippen LogP contribution in [0.1, 0.15) is 16.5 Å². The molecule has 2 aromatic rings. The third kappa shape index (κ3) is 2.77. The minimum absolute atomic E-state index is 0.0285. The lowest BCUT2D eigenvalue weighted by atomic mass is 10.0. The van der Waals surface area contributed by atoms with Gasteiger partial charge in [-0.05, 0) is 42.0 Å². The number of hydrogen-bond donors (Lipinski definition) is 0. The fourth-order valence-corrected chi connectivity index (χ4v) is 2.40. The average molecular weight is 308 g/mol. The summed E-state index contributed by atoms with van der Waals surface area (Å²) in [5.41, 5.74) is 0.469. The number of rotatable bonds is 2. The van der Waals surface area contributed by atoms with Crippen molar-refractivity contribution in [3.63, 3.8) is 0 Å². The second kappa shape index (κ2) is 5.43. The molecule has 1 atom stereocenters. The van der Waals surface area contributed by atoms with E-state index in [0.717, 1.165) is 18.2 Å². The molecule has 0 aliphatic carbocycles. The fraction of sp³-hybridized carbons (Fsp3) is 0.0769. The summed E-state index contributed by atoms with van der Waals surface area (Å²) in [4.78, 5) is 0. The molecule has 0 radical (unpaired) electrons. The van der Waals surface area contributed by atoms with E-state index >= 15 is 0 Å². The fourth-order valence-electron chi connectivity index (χ4n) is 1.59. The second-order valence-corrected chi connectivity index (χ2v) is 4.97. The van der Waals surface area contributed by atoms with Crippen molar-refractivity contribution in [2.75, 3.05) is 0 Å². The molecule has 0 bridgehead atoms. The Morgan fingerprint density at radius 3 is 2.33 bits per heavy atom. The highest BCUT2D eigenvalue weighted by atomic mass is 35.5. The number of benzene rings is 2. The molecule has 94 valence electrons. The first-order valence-corrected chi connectivity index (χ1v) is 6.22. The number of alkyl halides is 1. The van der Waals surface area contributed by atoms with Crippen LogP contribution in [0.2, 0.25) is 10.0 Å². The first-order chi connectivity index (χ1) is 8.49. The zero-order valence-electron chi connectivity index (χ0n) is 8.93. The van der Waals surface area contributed by atoms with Crippen molar-refractivity contribution < 1.29 is 8.78 Å². The maximum Gasteiger partial charge on any atom is 0.128 e. The Bertz CT molecular complexity index is 533. The molecule has 2 aromatic carbocycles. The third-order valence-electron chi connectivity index (χ3n) is 2.46. The van der Waals surface area contributed by atoms with Gasteiger partial charge in [-0.15, -0.1) is 11.6 Å². The summed E-state index contributed by atoms with van der Waals surface area (Å²) in [7, 11) is 0. The van der Waals surface area contributed by atoms with E-state index in [4.69, 9.17) is 34.8 Å². The zero-order valence-corrected chi connectivity index (χ0v) is 11.2. The van der Waals surface area contributed by atoms with Gasteiger partial charge in [0, 0.05) is 15.6 Å². The molecule has 2 rings (SSSR count). The first kappa shape index (κ1) is 13.6. The lowest BCUT2D eigenvalue weighted by Crippen LogP contribution is -1.99. The zero-order chi connectivity index (χ0) is 13.3. The van der Waals surface area contributed by atoms with Crippen LogP contribution in [-0.4, -0.2) is 0 Å². The maximum absolute atomic E-state index is 13.6. The molecule has 0 amide bonds. The van der Waals surface area contributed by atoms with Gasteiger partial charge in [-0.1, -0.05) is 23.2 Å². The van der Waals surface area contributed by atoms with Crippen LogP contribution in [0, 0.1) is 11.6 Å². The third-order valence-corrected chi connectivity index (χ3v) is 3.51. The van der Waals surface area contributed by atoms with Crippen molar-refractivity contribution in [3.05, 3.63) is 69.2 Å². The summed E-state index contributed by atoms with van der Waals surface area (Å²) in [6.45, 7) is 0. The van der Waals surface area contributed by atoms with Crippen LogP contribution >= 0.6 is 34.8 Å². The molecule has 0 N–H and O–H groups in total. The molecule has 0 fully saturated rings. The quantitative estimate of drug-likeness (QED) is 0.633. The lowest BCUT2D eigenvalue weighted by molar-refractivity contribution is 0.587. The molecular formula is C13H7Cl3F2. The van der Waals surface area contributed by atoms with Crippen molar-refractivity contribution in [2.24, 2.45) is 0 Å². The van der Waals surface area contributed by atoms with Crippen LogP contribution in [0.5, 0.6) is 0 Å². The van der Waals surface area contributed by atoms with Crippen molar-refractivity contribution in [1.82, 2.24) is 0 Å². The van der Waals surface area contributed by atoms with E-state index < -0.39 is 17.0 Å². The summed E-state index contributed by atoms with van der Waals surface area (Å²) >= 11 is 17.9. The summed E-state index contributed by atoms with van der Waals surface area (Å²) in [6.07, 6.45) is 0. The molecule has 0 aliphatic heterocycles. The van der Waals surface area contributed by atoms with Gasteiger partial charge < -0.3 is 0 Å². The van der Waals surface area contributed by atoms with E-state index in [1.165, 1.54) is 6.07 Å². The standard InChI is InChI=1S/C13H7Cl3F2/c14-7-1-3-11(15)9(5-7)13(16)10-6-8(17)2-4-12(10)18/h1-6,13H. The minimum atomic E-state index is -0.896.